The predicted octanol–water partition coefficient (Wildman–Crippen LogP) is 2.41. The number of ketones is 1. The van der Waals surface area contributed by atoms with Gasteiger partial charge in [-0.25, -0.2) is 9.95 Å². The highest BCUT2D eigenvalue weighted by molar-refractivity contribution is 6.33. The van der Waals surface area contributed by atoms with Crippen LogP contribution in [0.4, 0.5) is 0 Å². The van der Waals surface area contributed by atoms with Crippen molar-refractivity contribution in [3.05, 3.63) is 63.1 Å². The summed E-state index contributed by atoms with van der Waals surface area (Å²) in [5, 5.41) is 2.50. The summed E-state index contributed by atoms with van der Waals surface area (Å²) < 4.78 is 4.71. The van der Waals surface area contributed by atoms with E-state index in [1.54, 1.807) is 19.1 Å². The van der Waals surface area contributed by atoms with E-state index in [1.807, 2.05) is 24.3 Å². The van der Waals surface area contributed by atoms with Crippen LogP contribution < -0.4 is 5.63 Å². The molecule has 0 atom stereocenters. The van der Waals surface area contributed by atoms with E-state index in [0.717, 1.165) is 11.1 Å². The van der Waals surface area contributed by atoms with Gasteiger partial charge in [-0.3, -0.25) is 4.79 Å². The van der Waals surface area contributed by atoms with E-state index < -0.39 is 5.63 Å². The minimum Gasteiger partial charge on any atom is -0.338 e. The molecule has 0 amide bonds. The Kier molecular flexibility index (Phi) is 2.56. The molecule has 0 aliphatic heterocycles. The number of benzene rings is 1. The van der Waals surface area contributed by atoms with E-state index in [2.05, 4.69) is 5.16 Å². The summed E-state index contributed by atoms with van der Waals surface area (Å²) in [6.45, 7) is 1.73. The summed E-state index contributed by atoms with van der Waals surface area (Å²) in [6, 6.07) is 7.57. The molecule has 4 heteroatoms. The van der Waals surface area contributed by atoms with Crippen molar-refractivity contribution in [3.8, 4) is 0 Å². The van der Waals surface area contributed by atoms with Gasteiger partial charge in [0.1, 0.15) is 0 Å². The molecule has 0 bridgehead atoms. The molecule has 1 aromatic carbocycles. The van der Waals surface area contributed by atoms with Crippen LogP contribution in [0.2, 0.25) is 0 Å². The van der Waals surface area contributed by atoms with Gasteiger partial charge in [0.2, 0.25) is 0 Å². The lowest BCUT2D eigenvalue weighted by atomic mass is 9.90. The second-order valence-corrected chi connectivity index (χ2v) is 4.37. The summed E-state index contributed by atoms with van der Waals surface area (Å²) in [5.41, 5.74) is 2.82. The van der Waals surface area contributed by atoms with E-state index in [0.29, 0.717) is 16.8 Å². The number of rotatable bonds is 1. The standard InChI is InChI=1S/C15H11NO3/c1-9-12(15(18)19-16-9)8-13-11-5-3-2-4-10(11)6-7-14(13)17/h2-8,16H,1H3. The van der Waals surface area contributed by atoms with Crippen molar-refractivity contribution in [1.82, 2.24) is 5.16 Å². The zero-order valence-corrected chi connectivity index (χ0v) is 10.3. The monoisotopic (exact) mass is 253 g/mol. The van der Waals surface area contributed by atoms with Crippen LogP contribution >= 0.6 is 0 Å². The van der Waals surface area contributed by atoms with Crippen LogP contribution in [-0.2, 0) is 4.79 Å². The van der Waals surface area contributed by atoms with Crippen molar-refractivity contribution in [1.29, 1.82) is 0 Å². The van der Waals surface area contributed by atoms with Crippen molar-refractivity contribution in [2.75, 3.05) is 0 Å². The predicted molar refractivity (Wildman–Crippen MR) is 72.4 cm³/mol. The lowest BCUT2D eigenvalue weighted by molar-refractivity contribution is -0.109. The number of fused-ring (bicyclic) bond motifs is 1. The van der Waals surface area contributed by atoms with Gasteiger partial charge in [-0.15, -0.1) is 0 Å². The summed E-state index contributed by atoms with van der Waals surface area (Å²) in [4.78, 5) is 23.6. The fourth-order valence-corrected chi connectivity index (χ4v) is 2.12. The topological polar surface area (TPSA) is 63.1 Å². The summed E-state index contributed by atoms with van der Waals surface area (Å²) >= 11 is 0. The molecule has 0 spiro atoms. The first kappa shape index (κ1) is 11.5. The summed E-state index contributed by atoms with van der Waals surface area (Å²) in [6.07, 6.45) is 4.88. The SMILES string of the molecule is Cc1[nH]oc(=O)c1C=C1C(=O)C=Cc2ccccc21. The Hall–Kier alpha value is -2.62. The zero-order valence-electron chi connectivity index (χ0n) is 10.3. The molecule has 0 unspecified atom stereocenters. The lowest BCUT2D eigenvalue weighted by Gasteiger charge is -2.12. The van der Waals surface area contributed by atoms with Gasteiger partial charge in [-0.05, 0) is 30.2 Å². The number of hydrogen-bond acceptors (Lipinski definition) is 3. The maximum Gasteiger partial charge on any atom is 0.364 e. The molecule has 1 aliphatic carbocycles. The molecule has 3 rings (SSSR count). The quantitative estimate of drug-likeness (QED) is 0.794. The van der Waals surface area contributed by atoms with E-state index >= 15 is 0 Å². The Morgan fingerprint density at radius 2 is 1.95 bits per heavy atom. The molecule has 19 heavy (non-hydrogen) atoms. The number of aromatic amines is 1. The van der Waals surface area contributed by atoms with E-state index in [1.165, 1.54) is 6.08 Å². The maximum absolute atomic E-state index is 12.0. The minimum absolute atomic E-state index is 0.112. The van der Waals surface area contributed by atoms with Crippen LogP contribution in [0.15, 0.2) is 39.7 Å². The molecule has 0 radical (unpaired) electrons. The van der Waals surface area contributed by atoms with E-state index in [4.69, 9.17) is 4.52 Å². The Morgan fingerprint density at radius 3 is 2.68 bits per heavy atom. The van der Waals surface area contributed by atoms with E-state index in [9.17, 15) is 9.59 Å². The number of carbonyl (C=O) groups excluding carboxylic acids is 1. The van der Waals surface area contributed by atoms with Crippen LogP contribution in [0.1, 0.15) is 22.4 Å². The van der Waals surface area contributed by atoms with Crippen LogP contribution in [0.5, 0.6) is 0 Å². The van der Waals surface area contributed by atoms with Crippen molar-refractivity contribution in [2.24, 2.45) is 0 Å². The lowest BCUT2D eigenvalue weighted by Crippen LogP contribution is -2.06. The molecule has 0 fully saturated rings. The molecule has 1 N–H and O–H groups in total. The molecule has 4 nitrogen and oxygen atoms in total. The Morgan fingerprint density at radius 1 is 1.16 bits per heavy atom. The van der Waals surface area contributed by atoms with Crippen LogP contribution in [0.25, 0.3) is 17.7 Å². The largest absolute Gasteiger partial charge is 0.364 e. The number of aryl methyl sites for hydroxylation is 1. The van der Waals surface area contributed by atoms with Crippen molar-refractivity contribution in [3.63, 3.8) is 0 Å². The van der Waals surface area contributed by atoms with Crippen molar-refractivity contribution in [2.45, 2.75) is 6.92 Å². The number of H-pyrrole nitrogens is 1. The third-order valence-corrected chi connectivity index (χ3v) is 3.14. The molecule has 0 saturated carbocycles. The fraction of sp³-hybridized carbons (Fsp3) is 0.0667. The average molecular weight is 253 g/mol. The minimum atomic E-state index is -0.468. The number of carbonyl (C=O) groups is 1. The fourth-order valence-electron chi connectivity index (χ4n) is 2.12. The molecule has 1 heterocycles. The summed E-state index contributed by atoms with van der Waals surface area (Å²) in [7, 11) is 0. The number of nitrogens with one attached hydrogen (secondary N) is 1. The van der Waals surface area contributed by atoms with E-state index in [-0.39, 0.29) is 5.78 Å². The third kappa shape index (κ3) is 1.87. The second-order valence-electron chi connectivity index (χ2n) is 4.37. The van der Waals surface area contributed by atoms with Crippen LogP contribution in [0.3, 0.4) is 0 Å². The highest BCUT2D eigenvalue weighted by atomic mass is 16.5. The normalized spacial score (nSPS) is 15.8. The van der Waals surface area contributed by atoms with Gasteiger partial charge in [0.05, 0.1) is 11.3 Å². The highest BCUT2D eigenvalue weighted by Crippen LogP contribution is 2.28. The molecular weight excluding hydrogens is 242 g/mol. The average Bonchev–Trinajstić information content (AvgIpc) is 2.73. The van der Waals surface area contributed by atoms with Gasteiger partial charge in [-0.2, -0.15) is 0 Å². The van der Waals surface area contributed by atoms with Crippen LogP contribution in [-0.4, -0.2) is 10.9 Å². The Balaban J connectivity index is 2.22. The zero-order chi connectivity index (χ0) is 13.4. The second kappa shape index (κ2) is 4.24. The van der Waals surface area contributed by atoms with Crippen molar-refractivity contribution >= 4 is 23.5 Å². The molecule has 2 aromatic rings. The smallest absolute Gasteiger partial charge is 0.338 e. The molecule has 94 valence electrons. The first-order valence-corrected chi connectivity index (χ1v) is 5.88. The first-order chi connectivity index (χ1) is 9.16. The molecule has 1 aliphatic rings. The molecular formula is C15H11NO3. The molecule has 1 aromatic heterocycles. The number of aromatic nitrogens is 1. The van der Waals surface area contributed by atoms with Gasteiger partial charge in [0, 0.05) is 5.57 Å². The Bertz CT molecular complexity index is 775. The first-order valence-electron chi connectivity index (χ1n) is 5.88. The van der Waals surface area contributed by atoms with Crippen LogP contribution in [0, 0.1) is 6.92 Å². The Labute approximate surface area is 109 Å². The molecule has 0 saturated heterocycles. The maximum atomic E-state index is 12.0. The number of allylic oxidation sites excluding steroid dienone is 2. The van der Waals surface area contributed by atoms with Gasteiger partial charge in [0.15, 0.2) is 5.78 Å². The van der Waals surface area contributed by atoms with Gasteiger partial charge in [-0.1, -0.05) is 30.3 Å². The van der Waals surface area contributed by atoms with Gasteiger partial charge < -0.3 is 4.52 Å². The van der Waals surface area contributed by atoms with Gasteiger partial charge in [0.25, 0.3) is 0 Å². The number of hydrogen-bond donors (Lipinski definition) is 1. The summed E-state index contributed by atoms with van der Waals surface area (Å²) in [5.74, 6) is -0.112. The third-order valence-electron chi connectivity index (χ3n) is 3.14. The van der Waals surface area contributed by atoms with Crippen molar-refractivity contribution < 1.29 is 9.32 Å². The van der Waals surface area contributed by atoms with Gasteiger partial charge >= 0.3 is 5.63 Å². The highest BCUT2D eigenvalue weighted by Gasteiger charge is 2.18.